The van der Waals surface area contributed by atoms with E-state index in [-0.39, 0.29) is 23.1 Å². The molecule has 0 amide bonds. The van der Waals surface area contributed by atoms with E-state index in [9.17, 15) is 19.2 Å². The molecule has 35 heavy (non-hydrogen) atoms. The summed E-state index contributed by atoms with van der Waals surface area (Å²) in [5.41, 5.74) is 1.40. The molecular formula is C27H36O8. The molecule has 0 aromatic rings. The standard InChI is InChI=1S/C27H36O8/c1-18(2)10-8-11-19(3)12-9-14-27(22(26(31)35-7)16-23(28)32-4)15-13-20(24(29)33-5)21(17-27)25(30)34-6/h10,12-13,15-16H,8-9,11,14,17H2,1-7H3/b19-12+,22-16+. The summed E-state index contributed by atoms with van der Waals surface area (Å²) < 4.78 is 19.4. The van der Waals surface area contributed by atoms with Crippen molar-refractivity contribution in [1.29, 1.82) is 0 Å². The van der Waals surface area contributed by atoms with Crippen LogP contribution >= 0.6 is 0 Å². The van der Waals surface area contributed by atoms with Crippen LogP contribution in [-0.4, -0.2) is 52.3 Å². The van der Waals surface area contributed by atoms with Gasteiger partial charge in [0.2, 0.25) is 0 Å². The predicted octanol–water partition coefficient (Wildman–Crippen LogP) is 4.32. The summed E-state index contributed by atoms with van der Waals surface area (Å²) in [4.78, 5) is 49.9. The maximum Gasteiger partial charge on any atom is 0.338 e. The Morgan fingerprint density at radius 2 is 1.54 bits per heavy atom. The summed E-state index contributed by atoms with van der Waals surface area (Å²) in [6, 6.07) is 0. The van der Waals surface area contributed by atoms with Crippen molar-refractivity contribution in [2.24, 2.45) is 5.41 Å². The third kappa shape index (κ3) is 8.38. The van der Waals surface area contributed by atoms with E-state index < -0.39 is 29.3 Å². The van der Waals surface area contributed by atoms with Crippen LogP contribution in [0.4, 0.5) is 0 Å². The SMILES string of the molecule is COC(=O)/C=C(\C(=O)OC)C1(CC/C=C(\C)CCC=C(C)C)C=CC(C(=O)OC)=C(C(=O)OC)C1. The average Bonchev–Trinajstić information content (AvgIpc) is 2.85. The minimum atomic E-state index is -1.13. The van der Waals surface area contributed by atoms with Gasteiger partial charge in [-0.3, -0.25) is 0 Å². The molecule has 8 nitrogen and oxygen atoms in total. The average molecular weight is 489 g/mol. The Balaban J connectivity index is 3.52. The third-order valence-corrected chi connectivity index (χ3v) is 5.80. The zero-order valence-corrected chi connectivity index (χ0v) is 21.7. The molecule has 0 N–H and O–H groups in total. The Labute approximate surface area is 207 Å². The van der Waals surface area contributed by atoms with E-state index in [1.165, 1.54) is 45.7 Å². The molecule has 1 aliphatic rings. The van der Waals surface area contributed by atoms with Crippen LogP contribution in [0.2, 0.25) is 0 Å². The van der Waals surface area contributed by atoms with Crippen molar-refractivity contribution in [3.8, 4) is 0 Å². The number of allylic oxidation sites excluding steroid dienone is 5. The molecule has 1 rings (SSSR count). The highest BCUT2D eigenvalue weighted by Crippen LogP contribution is 2.45. The number of ether oxygens (including phenoxy) is 4. The summed E-state index contributed by atoms with van der Waals surface area (Å²) in [5, 5.41) is 0. The lowest BCUT2D eigenvalue weighted by Gasteiger charge is -2.35. The summed E-state index contributed by atoms with van der Waals surface area (Å²) in [6.45, 7) is 6.13. The van der Waals surface area contributed by atoms with Gasteiger partial charge in [0.15, 0.2) is 0 Å². The number of rotatable bonds is 11. The summed E-state index contributed by atoms with van der Waals surface area (Å²) in [6.07, 6.45) is 11.0. The van der Waals surface area contributed by atoms with Crippen LogP contribution in [-0.2, 0) is 38.1 Å². The Kier molecular flexibility index (Phi) is 11.9. The maximum absolute atomic E-state index is 12.8. The van der Waals surface area contributed by atoms with Crippen LogP contribution < -0.4 is 0 Å². The van der Waals surface area contributed by atoms with Crippen molar-refractivity contribution >= 4 is 23.9 Å². The summed E-state index contributed by atoms with van der Waals surface area (Å²) in [7, 11) is 4.82. The van der Waals surface area contributed by atoms with Gasteiger partial charge in [0.25, 0.3) is 0 Å². The Hall–Kier alpha value is -3.42. The van der Waals surface area contributed by atoms with E-state index in [1.807, 2.05) is 6.92 Å². The number of methoxy groups -OCH3 is 4. The van der Waals surface area contributed by atoms with Gasteiger partial charge in [0.1, 0.15) is 0 Å². The lowest BCUT2D eigenvalue weighted by Crippen LogP contribution is -2.33. The van der Waals surface area contributed by atoms with E-state index in [0.717, 1.165) is 18.9 Å². The molecule has 192 valence electrons. The Morgan fingerprint density at radius 3 is 2.09 bits per heavy atom. The summed E-state index contributed by atoms with van der Waals surface area (Å²) in [5.74, 6) is -2.92. The van der Waals surface area contributed by atoms with Crippen molar-refractivity contribution < 1.29 is 38.1 Å². The first kappa shape index (κ1) is 29.6. The van der Waals surface area contributed by atoms with Crippen LogP contribution in [0.5, 0.6) is 0 Å². The van der Waals surface area contributed by atoms with Crippen LogP contribution in [0, 0.1) is 5.41 Å². The van der Waals surface area contributed by atoms with Crippen molar-refractivity contribution in [2.45, 2.75) is 52.9 Å². The van der Waals surface area contributed by atoms with Crippen LogP contribution in [0.1, 0.15) is 52.9 Å². The second kappa shape index (κ2) is 14.1. The van der Waals surface area contributed by atoms with Gasteiger partial charge >= 0.3 is 23.9 Å². The fourth-order valence-electron chi connectivity index (χ4n) is 3.87. The van der Waals surface area contributed by atoms with Gasteiger partial charge in [-0.1, -0.05) is 35.5 Å². The molecule has 0 aromatic carbocycles. The molecule has 0 fully saturated rings. The fraction of sp³-hybridized carbons (Fsp3) is 0.481. The topological polar surface area (TPSA) is 105 Å². The van der Waals surface area contributed by atoms with E-state index in [1.54, 1.807) is 6.08 Å². The third-order valence-electron chi connectivity index (χ3n) is 5.80. The first-order chi connectivity index (χ1) is 16.5. The quantitative estimate of drug-likeness (QED) is 0.183. The number of hydrogen-bond donors (Lipinski definition) is 0. The van der Waals surface area contributed by atoms with Gasteiger partial charge in [0, 0.05) is 11.5 Å². The summed E-state index contributed by atoms with van der Waals surface area (Å²) >= 11 is 0. The molecule has 8 heteroatoms. The van der Waals surface area contributed by atoms with Gasteiger partial charge in [-0.15, -0.1) is 0 Å². The van der Waals surface area contributed by atoms with Gasteiger partial charge in [-0.25, -0.2) is 19.2 Å². The number of esters is 4. The van der Waals surface area contributed by atoms with Crippen molar-refractivity contribution in [3.63, 3.8) is 0 Å². The van der Waals surface area contributed by atoms with Gasteiger partial charge in [-0.2, -0.15) is 0 Å². The number of carbonyl (C=O) groups is 4. The molecule has 0 radical (unpaired) electrons. The highest BCUT2D eigenvalue weighted by molar-refractivity contribution is 6.04. The molecule has 1 atom stereocenters. The van der Waals surface area contributed by atoms with Crippen molar-refractivity contribution in [2.75, 3.05) is 28.4 Å². The Morgan fingerprint density at radius 1 is 0.886 bits per heavy atom. The molecule has 0 aromatic heterocycles. The normalized spacial score (nSPS) is 18.0. The van der Waals surface area contributed by atoms with Crippen molar-refractivity contribution in [1.82, 2.24) is 0 Å². The van der Waals surface area contributed by atoms with Crippen LogP contribution in [0.15, 0.2) is 58.2 Å². The minimum Gasteiger partial charge on any atom is -0.466 e. The first-order valence-electron chi connectivity index (χ1n) is 11.3. The maximum atomic E-state index is 12.8. The number of carbonyl (C=O) groups excluding carboxylic acids is 4. The molecule has 1 aliphatic carbocycles. The van der Waals surface area contributed by atoms with Crippen LogP contribution in [0.25, 0.3) is 0 Å². The van der Waals surface area contributed by atoms with Gasteiger partial charge < -0.3 is 18.9 Å². The van der Waals surface area contributed by atoms with E-state index >= 15 is 0 Å². The second-order valence-electron chi connectivity index (χ2n) is 8.52. The monoisotopic (exact) mass is 488 g/mol. The van der Waals surface area contributed by atoms with E-state index in [0.29, 0.717) is 12.8 Å². The molecule has 0 aliphatic heterocycles. The predicted molar refractivity (Wildman–Crippen MR) is 131 cm³/mol. The molecular weight excluding hydrogens is 452 g/mol. The fourth-order valence-corrected chi connectivity index (χ4v) is 3.87. The lowest BCUT2D eigenvalue weighted by molar-refractivity contribution is -0.140. The number of hydrogen-bond acceptors (Lipinski definition) is 8. The smallest absolute Gasteiger partial charge is 0.338 e. The Bertz CT molecular complexity index is 973. The van der Waals surface area contributed by atoms with E-state index in [2.05, 4.69) is 26.0 Å². The molecule has 0 spiro atoms. The molecule has 0 saturated heterocycles. The van der Waals surface area contributed by atoms with Crippen LogP contribution in [0.3, 0.4) is 0 Å². The van der Waals surface area contributed by atoms with Gasteiger partial charge in [0.05, 0.1) is 45.2 Å². The first-order valence-corrected chi connectivity index (χ1v) is 11.3. The highest BCUT2D eigenvalue weighted by Gasteiger charge is 2.42. The van der Waals surface area contributed by atoms with E-state index in [4.69, 9.17) is 18.9 Å². The lowest BCUT2D eigenvalue weighted by atomic mass is 9.68. The zero-order valence-electron chi connectivity index (χ0n) is 21.7. The largest absolute Gasteiger partial charge is 0.466 e. The molecule has 0 saturated carbocycles. The molecule has 0 bridgehead atoms. The molecule has 1 unspecified atom stereocenters. The second-order valence-corrected chi connectivity index (χ2v) is 8.52. The zero-order chi connectivity index (χ0) is 26.6. The molecule has 0 heterocycles. The van der Waals surface area contributed by atoms with Crippen molar-refractivity contribution in [3.05, 3.63) is 58.2 Å². The highest BCUT2D eigenvalue weighted by atomic mass is 16.5. The minimum absolute atomic E-state index is 0.0176. The van der Waals surface area contributed by atoms with Gasteiger partial charge in [-0.05, 0) is 52.9 Å².